The van der Waals surface area contributed by atoms with E-state index in [2.05, 4.69) is 10.6 Å². The molecule has 3 atom stereocenters. The molecule has 1 saturated carbocycles. The maximum atomic E-state index is 13.0. The summed E-state index contributed by atoms with van der Waals surface area (Å²) in [6, 6.07) is 6.78. The van der Waals surface area contributed by atoms with Gasteiger partial charge in [0.25, 0.3) is 5.91 Å². The van der Waals surface area contributed by atoms with E-state index in [1.807, 2.05) is 49.7 Å². The fraction of sp³-hybridized carbons (Fsp3) is 0.522. The number of rotatable bonds is 8. The summed E-state index contributed by atoms with van der Waals surface area (Å²) in [6.07, 6.45) is 4.21. The van der Waals surface area contributed by atoms with Gasteiger partial charge in [-0.15, -0.1) is 0 Å². The van der Waals surface area contributed by atoms with Crippen molar-refractivity contribution in [1.29, 1.82) is 0 Å². The highest BCUT2D eigenvalue weighted by molar-refractivity contribution is 6.01. The van der Waals surface area contributed by atoms with Gasteiger partial charge in [-0.1, -0.05) is 37.8 Å². The van der Waals surface area contributed by atoms with Crippen LogP contribution in [-0.2, 0) is 16.6 Å². The zero-order valence-electron chi connectivity index (χ0n) is 17.9. The van der Waals surface area contributed by atoms with E-state index in [1.165, 1.54) is 0 Å². The standard InChI is InChI=1S/C23H31N3O4/c1-4-5-8-18(21(27)24-17-9-6-7-16(17)23(29)30)25-22(28)20-13-15-12-14(2)10-11-19(15)26(20)3/h10-13,16-18H,4-9H2,1-3H3,(H,24,27)(H,25,28)(H,29,30)/t16-,17+,18+/m1/s1. The summed E-state index contributed by atoms with van der Waals surface area (Å²) in [7, 11) is 1.84. The second-order valence-corrected chi connectivity index (χ2v) is 8.31. The number of fused-ring (bicyclic) bond motifs is 1. The number of benzene rings is 1. The zero-order valence-corrected chi connectivity index (χ0v) is 17.9. The van der Waals surface area contributed by atoms with Gasteiger partial charge in [-0.3, -0.25) is 14.4 Å². The van der Waals surface area contributed by atoms with Crippen LogP contribution in [0.1, 0.15) is 61.5 Å². The van der Waals surface area contributed by atoms with Crippen molar-refractivity contribution in [3.8, 4) is 0 Å². The predicted molar refractivity (Wildman–Crippen MR) is 115 cm³/mol. The molecule has 2 aromatic rings. The highest BCUT2D eigenvalue weighted by Crippen LogP contribution is 2.26. The first-order valence-electron chi connectivity index (χ1n) is 10.7. The van der Waals surface area contributed by atoms with Crippen molar-refractivity contribution in [2.24, 2.45) is 13.0 Å². The van der Waals surface area contributed by atoms with Gasteiger partial charge in [0.15, 0.2) is 0 Å². The molecule has 162 valence electrons. The fourth-order valence-corrected chi connectivity index (χ4v) is 4.31. The number of hydrogen-bond donors (Lipinski definition) is 3. The third kappa shape index (κ3) is 4.66. The molecule has 2 amide bonds. The lowest BCUT2D eigenvalue weighted by molar-refractivity contribution is -0.142. The monoisotopic (exact) mass is 413 g/mol. The maximum absolute atomic E-state index is 13.0. The number of unbranched alkanes of at least 4 members (excludes halogenated alkanes) is 1. The van der Waals surface area contributed by atoms with Gasteiger partial charge in [0.1, 0.15) is 11.7 Å². The molecule has 1 fully saturated rings. The Hall–Kier alpha value is -2.83. The number of carboxylic acid groups (broad SMARTS) is 1. The van der Waals surface area contributed by atoms with Crippen LogP contribution < -0.4 is 10.6 Å². The SMILES string of the molecule is CCCC[C@H](NC(=O)c1cc2cc(C)ccc2n1C)C(=O)N[C@H]1CCC[C@H]1C(=O)O. The van der Waals surface area contributed by atoms with Gasteiger partial charge < -0.3 is 20.3 Å². The molecule has 1 heterocycles. The molecule has 0 aliphatic heterocycles. The number of nitrogens with one attached hydrogen (secondary N) is 2. The first-order valence-corrected chi connectivity index (χ1v) is 10.7. The third-order valence-electron chi connectivity index (χ3n) is 6.06. The molecule has 1 aromatic heterocycles. The number of nitrogens with zero attached hydrogens (tertiary/aromatic N) is 1. The minimum Gasteiger partial charge on any atom is -0.481 e. The molecule has 0 spiro atoms. The van der Waals surface area contributed by atoms with Crippen molar-refractivity contribution < 1.29 is 19.5 Å². The number of carbonyl (C=O) groups excluding carboxylic acids is 2. The van der Waals surface area contributed by atoms with Gasteiger partial charge in [-0.2, -0.15) is 0 Å². The second-order valence-electron chi connectivity index (χ2n) is 8.31. The molecule has 7 heteroatoms. The van der Waals surface area contributed by atoms with Crippen LogP contribution in [0.25, 0.3) is 10.9 Å². The minimum absolute atomic E-state index is 0.301. The van der Waals surface area contributed by atoms with Gasteiger partial charge >= 0.3 is 5.97 Å². The molecule has 0 bridgehead atoms. The van der Waals surface area contributed by atoms with E-state index in [4.69, 9.17) is 0 Å². The summed E-state index contributed by atoms with van der Waals surface area (Å²) < 4.78 is 1.83. The molecule has 7 nitrogen and oxygen atoms in total. The Morgan fingerprint density at radius 2 is 2.00 bits per heavy atom. The quantitative estimate of drug-likeness (QED) is 0.619. The third-order valence-corrected chi connectivity index (χ3v) is 6.06. The zero-order chi connectivity index (χ0) is 21.8. The van der Waals surface area contributed by atoms with E-state index < -0.39 is 17.9 Å². The fourth-order valence-electron chi connectivity index (χ4n) is 4.31. The molecular weight excluding hydrogens is 382 g/mol. The molecule has 1 aromatic carbocycles. The Kier molecular flexibility index (Phi) is 6.80. The van der Waals surface area contributed by atoms with E-state index in [0.717, 1.165) is 35.7 Å². The van der Waals surface area contributed by atoms with Crippen LogP contribution >= 0.6 is 0 Å². The lowest BCUT2D eigenvalue weighted by Gasteiger charge is -2.23. The van der Waals surface area contributed by atoms with Crippen molar-refractivity contribution in [1.82, 2.24) is 15.2 Å². The summed E-state index contributed by atoms with van der Waals surface area (Å²) in [5.74, 6) is -2.04. The average molecular weight is 414 g/mol. The Labute approximate surface area is 176 Å². The van der Waals surface area contributed by atoms with Crippen molar-refractivity contribution in [2.75, 3.05) is 0 Å². The van der Waals surface area contributed by atoms with Gasteiger partial charge in [0.05, 0.1) is 5.92 Å². The smallest absolute Gasteiger partial charge is 0.308 e. The lowest BCUT2D eigenvalue weighted by atomic mass is 10.0. The van der Waals surface area contributed by atoms with Crippen LogP contribution in [0.3, 0.4) is 0 Å². The first kappa shape index (κ1) is 21.9. The van der Waals surface area contributed by atoms with Crippen molar-refractivity contribution in [2.45, 2.75) is 64.5 Å². The second kappa shape index (κ2) is 9.32. The minimum atomic E-state index is -0.877. The molecule has 3 N–H and O–H groups in total. The van der Waals surface area contributed by atoms with E-state index in [1.54, 1.807) is 0 Å². The molecule has 0 saturated heterocycles. The normalized spacial score (nSPS) is 19.6. The van der Waals surface area contributed by atoms with Crippen LogP contribution in [0, 0.1) is 12.8 Å². The Bertz CT molecular complexity index is 949. The number of hydrogen-bond acceptors (Lipinski definition) is 3. The van der Waals surface area contributed by atoms with Gasteiger partial charge in [-0.05, 0) is 44.4 Å². The number of carbonyl (C=O) groups is 3. The van der Waals surface area contributed by atoms with Crippen LogP contribution in [0.5, 0.6) is 0 Å². The summed E-state index contributed by atoms with van der Waals surface area (Å²) in [5.41, 5.74) is 2.56. The van der Waals surface area contributed by atoms with E-state index in [-0.39, 0.29) is 17.9 Å². The Balaban J connectivity index is 1.75. The number of carboxylic acids is 1. The summed E-state index contributed by atoms with van der Waals surface area (Å²) in [4.78, 5) is 37.3. The first-order chi connectivity index (χ1) is 14.3. The highest BCUT2D eigenvalue weighted by Gasteiger charge is 2.35. The van der Waals surface area contributed by atoms with Crippen molar-refractivity contribution >= 4 is 28.7 Å². The van der Waals surface area contributed by atoms with Crippen molar-refractivity contribution in [3.63, 3.8) is 0 Å². The molecule has 30 heavy (non-hydrogen) atoms. The molecule has 1 aliphatic rings. The lowest BCUT2D eigenvalue weighted by Crippen LogP contribution is -2.51. The topological polar surface area (TPSA) is 100 Å². The van der Waals surface area contributed by atoms with Crippen LogP contribution in [0.15, 0.2) is 24.3 Å². The van der Waals surface area contributed by atoms with E-state index >= 15 is 0 Å². The Morgan fingerprint density at radius 3 is 2.70 bits per heavy atom. The summed E-state index contributed by atoms with van der Waals surface area (Å²) in [5, 5.41) is 16.1. The molecule has 3 rings (SSSR count). The van der Waals surface area contributed by atoms with Gasteiger partial charge in [-0.25, -0.2) is 0 Å². The number of aromatic nitrogens is 1. The average Bonchev–Trinajstić information content (AvgIpc) is 3.29. The number of amides is 2. The number of aliphatic carboxylic acids is 1. The van der Waals surface area contributed by atoms with Crippen LogP contribution in [0.2, 0.25) is 0 Å². The van der Waals surface area contributed by atoms with E-state index in [0.29, 0.717) is 25.0 Å². The molecule has 0 radical (unpaired) electrons. The number of aryl methyl sites for hydroxylation is 2. The van der Waals surface area contributed by atoms with Gasteiger partial charge in [0, 0.05) is 24.0 Å². The maximum Gasteiger partial charge on any atom is 0.308 e. The highest BCUT2D eigenvalue weighted by atomic mass is 16.4. The molecule has 1 aliphatic carbocycles. The largest absolute Gasteiger partial charge is 0.481 e. The van der Waals surface area contributed by atoms with Crippen LogP contribution in [-0.4, -0.2) is 39.5 Å². The van der Waals surface area contributed by atoms with Crippen molar-refractivity contribution in [3.05, 3.63) is 35.5 Å². The Morgan fingerprint density at radius 1 is 1.23 bits per heavy atom. The van der Waals surface area contributed by atoms with E-state index in [9.17, 15) is 19.5 Å². The summed E-state index contributed by atoms with van der Waals surface area (Å²) in [6.45, 7) is 4.03. The predicted octanol–water partition coefficient (Wildman–Crippen LogP) is 3.14. The molecular formula is C23H31N3O4. The van der Waals surface area contributed by atoms with Crippen LogP contribution in [0.4, 0.5) is 0 Å². The van der Waals surface area contributed by atoms with Gasteiger partial charge in [0.2, 0.25) is 5.91 Å². The summed E-state index contributed by atoms with van der Waals surface area (Å²) >= 11 is 0. The molecule has 0 unspecified atom stereocenters.